The number of rotatable bonds is 0. The number of hydrogen-bond acceptors (Lipinski definition) is 3. The summed E-state index contributed by atoms with van der Waals surface area (Å²) in [4.78, 5) is 23.2. The molecule has 1 heterocycles. The van der Waals surface area contributed by atoms with Gasteiger partial charge in [0.15, 0.2) is 0 Å². The first-order chi connectivity index (χ1) is 7.68. The molecule has 0 aliphatic carbocycles. The molecule has 0 aromatic heterocycles. The van der Waals surface area contributed by atoms with E-state index in [9.17, 15) is 9.59 Å². The molecule has 3 rings (SSSR count). The highest BCUT2D eigenvalue weighted by atomic mass is 16.6. The SMILES string of the molecule is Bc1ccc2cccc3c2c1C(=O)OC3=O. The Kier molecular flexibility index (Phi) is 1.69. The third-order valence-corrected chi connectivity index (χ3v) is 2.86. The van der Waals surface area contributed by atoms with Crippen molar-refractivity contribution in [2.45, 2.75) is 0 Å². The average molecular weight is 210 g/mol. The molecule has 0 fully saturated rings. The molecule has 76 valence electrons. The van der Waals surface area contributed by atoms with Crippen molar-refractivity contribution in [3.8, 4) is 0 Å². The molecule has 0 radical (unpaired) electrons. The normalized spacial score (nSPS) is 14.0. The van der Waals surface area contributed by atoms with Gasteiger partial charge in [0, 0.05) is 5.39 Å². The van der Waals surface area contributed by atoms with Gasteiger partial charge in [0.05, 0.1) is 11.1 Å². The number of esters is 2. The van der Waals surface area contributed by atoms with Crippen molar-refractivity contribution < 1.29 is 14.3 Å². The zero-order chi connectivity index (χ0) is 11.3. The smallest absolute Gasteiger partial charge is 0.346 e. The van der Waals surface area contributed by atoms with Gasteiger partial charge >= 0.3 is 11.9 Å². The molecule has 0 atom stereocenters. The molecular weight excluding hydrogens is 203 g/mol. The van der Waals surface area contributed by atoms with Gasteiger partial charge in [-0.2, -0.15) is 0 Å². The van der Waals surface area contributed by atoms with E-state index in [1.54, 1.807) is 12.1 Å². The van der Waals surface area contributed by atoms with Gasteiger partial charge in [0.1, 0.15) is 7.85 Å². The Bertz CT molecular complexity index is 646. The summed E-state index contributed by atoms with van der Waals surface area (Å²) in [5.74, 6) is -1.11. The molecule has 0 N–H and O–H groups in total. The van der Waals surface area contributed by atoms with E-state index in [-0.39, 0.29) is 0 Å². The molecule has 1 aliphatic heterocycles. The zero-order valence-corrected chi connectivity index (χ0v) is 8.61. The van der Waals surface area contributed by atoms with Gasteiger partial charge in [0.2, 0.25) is 0 Å². The van der Waals surface area contributed by atoms with Crippen LogP contribution in [0.3, 0.4) is 0 Å². The van der Waals surface area contributed by atoms with E-state index >= 15 is 0 Å². The van der Waals surface area contributed by atoms with Gasteiger partial charge in [-0.05, 0) is 11.5 Å². The summed E-state index contributed by atoms with van der Waals surface area (Å²) in [5.41, 5.74) is 1.81. The second-order valence-electron chi connectivity index (χ2n) is 3.84. The molecule has 2 aromatic carbocycles. The van der Waals surface area contributed by atoms with Crippen LogP contribution in [0, 0.1) is 0 Å². The van der Waals surface area contributed by atoms with Crippen LogP contribution in [0.4, 0.5) is 0 Å². The minimum absolute atomic E-state index is 0.468. The molecule has 0 amide bonds. The molecule has 16 heavy (non-hydrogen) atoms. The first kappa shape index (κ1) is 9.15. The predicted octanol–water partition coefficient (Wildman–Crippen LogP) is 0.409. The minimum Gasteiger partial charge on any atom is -0.386 e. The Morgan fingerprint density at radius 1 is 1.00 bits per heavy atom. The van der Waals surface area contributed by atoms with Crippen LogP contribution in [0.5, 0.6) is 0 Å². The third kappa shape index (κ3) is 1.04. The highest BCUT2D eigenvalue weighted by Gasteiger charge is 2.27. The topological polar surface area (TPSA) is 43.4 Å². The Labute approximate surface area is 92.4 Å². The third-order valence-electron chi connectivity index (χ3n) is 2.86. The lowest BCUT2D eigenvalue weighted by Gasteiger charge is -2.16. The summed E-state index contributed by atoms with van der Waals surface area (Å²) in [6, 6.07) is 9.11. The van der Waals surface area contributed by atoms with E-state index in [1.165, 1.54) is 0 Å². The number of hydrogen-bond donors (Lipinski definition) is 0. The summed E-state index contributed by atoms with van der Waals surface area (Å²) in [5, 5.41) is 1.60. The number of ether oxygens (including phenoxy) is 1. The van der Waals surface area contributed by atoms with Crippen LogP contribution >= 0.6 is 0 Å². The Balaban J connectivity index is 2.58. The Morgan fingerprint density at radius 3 is 2.62 bits per heavy atom. The average Bonchev–Trinajstić information content (AvgIpc) is 2.26. The van der Waals surface area contributed by atoms with E-state index in [2.05, 4.69) is 0 Å². The summed E-state index contributed by atoms with van der Waals surface area (Å²) in [6.07, 6.45) is 0. The fourth-order valence-electron chi connectivity index (χ4n) is 2.11. The quantitative estimate of drug-likeness (QED) is 0.359. The summed E-state index contributed by atoms with van der Waals surface area (Å²) >= 11 is 0. The molecule has 1 aliphatic rings. The van der Waals surface area contributed by atoms with Gasteiger partial charge in [0.25, 0.3) is 0 Å². The molecule has 0 saturated heterocycles. The fraction of sp³-hybridized carbons (Fsp3) is 0. The van der Waals surface area contributed by atoms with E-state index in [0.29, 0.717) is 16.5 Å². The van der Waals surface area contributed by atoms with Crippen LogP contribution in [0.15, 0.2) is 30.3 Å². The van der Waals surface area contributed by atoms with Crippen LogP contribution in [-0.2, 0) is 4.74 Å². The summed E-state index contributed by atoms with van der Waals surface area (Å²) < 4.78 is 4.71. The van der Waals surface area contributed by atoms with Crippen molar-refractivity contribution in [3.63, 3.8) is 0 Å². The van der Waals surface area contributed by atoms with Crippen molar-refractivity contribution in [2.24, 2.45) is 0 Å². The lowest BCUT2D eigenvalue weighted by Crippen LogP contribution is -2.26. The predicted molar refractivity (Wildman–Crippen MR) is 61.9 cm³/mol. The van der Waals surface area contributed by atoms with Gasteiger partial charge in [-0.15, -0.1) is 0 Å². The van der Waals surface area contributed by atoms with Crippen LogP contribution < -0.4 is 5.46 Å². The minimum atomic E-state index is -0.561. The van der Waals surface area contributed by atoms with Crippen LogP contribution in [0.2, 0.25) is 0 Å². The van der Waals surface area contributed by atoms with E-state index in [0.717, 1.165) is 10.8 Å². The lowest BCUT2D eigenvalue weighted by atomic mass is 9.84. The first-order valence-electron chi connectivity index (χ1n) is 4.97. The highest BCUT2D eigenvalue weighted by Crippen LogP contribution is 2.26. The van der Waals surface area contributed by atoms with Gasteiger partial charge < -0.3 is 4.74 Å². The largest absolute Gasteiger partial charge is 0.386 e. The van der Waals surface area contributed by atoms with Gasteiger partial charge in [-0.1, -0.05) is 29.7 Å². The van der Waals surface area contributed by atoms with E-state index < -0.39 is 11.9 Å². The monoisotopic (exact) mass is 210 g/mol. The Hall–Kier alpha value is -2.10. The molecule has 0 bridgehead atoms. The number of carbonyl (C=O) groups is 2. The second-order valence-corrected chi connectivity index (χ2v) is 3.84. The van der Waals surface area contributed by atoms with E-state index in [1.807, 2.05) is 26.0 Å². The Morgan fingerprint density at radius 2 is 1.81 bits per heavy atom. The standard InChI is InChI=1S/C12H7BO3/c13-8-5-4-6-2-1-3-7-9(6)10(8)12(15)16-11(7)14/h1-5H,13H2. The van der Waals surface area contributed by atoms with Crippen molar-refractivity contribution in [3.05, 3.63) is 41.5 Å². The molecule has 0 unspecified atom stereocenters. The maximum Gasteiger partial charge on any atom is 0.346 e. The summed E-state index contributed by atoms with van der Waals surface area (Å²) in [7, 11) is 1.84. The van der Waals surface area contributed by atoms with Crippen LogP contribution in [0.25, 0.3) is 10.8 Å². The maximum atomic E-state index is 11.7. The van der Waals surface area contributed by atoms with Crippen molar-refractivity contribution in [2.75, 3.05) is 0 Å². The number of carbonyl (C=O) groups excluding carboxylic acids is 2. The molecule has 4 heteroatoms. The van der Waals surface area contributed by atoms with Crippen LogP contribution in [0.1, 0.15) is 20.7 Å². The number of benzene rings is 2. The van der Waals surface area contributed by atoms with E-state index in [4.69, 9.17) is 4.74 Å². The first-order valence-corrected chi connectivity index (χ1v) is 4.97. The van der Waals surface area contributed by atoms with Crippen molar-refractivity contribution >= 4 is 36.0 Å². The molecule has 3 nitrogen and oxygen atoms in total. The number of cyclic esters (lactones) is 2. The maximum absolute atomic E-state index is 11.7. The highest BCUT2D eigenvalue weighted by molar-refractivity contribution is 6.40. The summed E-state index contributed by atoms with van der Waals surface area (Å²) in [6.45, 7) is 0. The molecule has 0 spiro atoms. The molecular formula is C12H7BO3. The van der Waals surface area contributed by atoms with Crippen molar-refractivity contribution in [1.29, 1.82) is 0 Å². The lowest BCUT2D eigenvalue weighted by molar-refractivity contribution is 0.0392. The van der Waals surface area contributed by atoms with Crippen molar-refractivity contribution in [1.82, 2.24) is 0 Å². The van der Waals surface area contributed by atoms with Gasteiger partial charge in [-0.3, -0.25) is 0 Å². The van der Waals surface area contributed by atoms with Gasteiger partial charge in [-0.25, -0.2) is 9.59 Å². The fourth-order valence-corrected chi connectivity index (χ4v) is 2.11. The second kappa shape index (κ2) is 2.95. The zero-order valence-electron chi connectivity index (χ0n) is 8.61. The molecule has 2 aromatic rings. The van der Waals surface area contributed by atoms with Crippen LogP contribution in [-0.4, -0.2) is 19.8 Å². The molecule has 0 saturated carbocycles.